The van der Waals surface area contributed by atoms with Gasteiger partial charge in [0.05, 0.1) is 10.0 Å². The zero-order chi connectivity index (χ0) is 14.9. The van der Waals surface area contributed by atoms with Crippen LogP contribution in [0.2, 0.25) is 10.0 Å². The first kappa shape index (κ1) is 15.4. The first-order chi connectivity index (χ1) is 9.27. The van der Waals surface area contributed by atoms with Gasteiger partial charge in [-0.3, -0.25) is 0 Å². The molecule has 1 aromatic carbocycles. The van der Waals surface area contributed by atoms with Crippen molar-refractivity contribution in [1.82, 2.24) is 10.2 Å². The zero-order valence-electron chi connectivity index (χ0n) is 9.93. The van der Waals surface area contributed by atoms with Gasteiger partial charge in [-0.2, -0.15) is 0 Å². The van der Waals surface area contributed by atoms with Crippen molar-refractivity contribution in [3.8, 4) is 5.75 Å². The quantitative estimate of drug-likeness (QED) is 0.782. The third-order valence-corrected chi connectivity index (χ3v) is 4.25. The molecule has 10 heteroatoms. The molecule has 0 fully saturated rings. The van der Waals surface area contributed by atoms with Gasteiger partial charge in [-0.1, -0.05) is 23.2 Å². The molecule has 1 heterocycles. The van der Waals surface area contributed by atoms with Gasteiger partial charge in [0.15, 0.2) is 6.61 Å². The molecule has 0 spiro atoms. The number of hydrogen-bond donors (Lipinski definition) is 0. The monoisotopic (exact) mass is 356 g/mol. The van der Waals surface area contributed by atoms with Crippen LogP contribution in [0.3, 0.4) is 0 Å². The second kappa shape index (κ2) is 5.77. The molecule has 2 rings (SSSR count). The Hall–Kier alpha value is -1.02. The van der Waals surface area contributed by atoms with E-state index in [0.717, 1.165) is 6.07 Å². The topological polar surface area (TPSA) is 82.3 Å². The molecular formula is C10H7Cl3N2O4S. The molecule has 0 aliphatic rings. The summed E-state index contributed by atoms with van der Waals surface area (Å²) in [7, 11) is 1.24. The number of aryl methyl sites for hydroxylation is 1. The molecule has 1 aromatic heterocycles. The SMILES string of the molecule is Cc1nnc(COc2cc(Cl)c(S(=O)(=O)Cl)cc2Cl)o1. The number of benzene rings is 1. The molecule has 0 aliphatic heterocycles. The number of aromatic nitrogens is 2. The number of rotatable bonds is 4. The minimum absolute atomic E-state index is 0.0239. The minimum Gasteiger partial charge on any atom is -0.482 e. The summed E-state index contributed by atoms with van der Waals surface area (Å²) in [4.78, 5) is -0.285. The second-order valence-electron chi connectivity index (χ2n) is 3.65. The number of ether oxygens (including phenoxy) is 1. The molecule has 0 saturated carbocycles. The number of halogens is 3. The lowest BCUT2D eigenvalue weighted by Gasteiger charge is -2.08. The third kappa shape index (κ3) is 3.54. The maximum absolute atomic E-state index is 11.2. The van der Waals surface area contributed by atoms with Gasteiger partial charge in [-0.25, -0.2) is 8.42 Å². The van der Waals surface area contributed by atoms with Gasteiger partial charge < -0.3 is 9.15 Å². The van der Waals surface area contributed by atoms with E-state index in [0.29, 0.717) is 5.89 Å². The first-order valence-corrected chi connectivity index (χ1v) is 8.19. The fraction of sp³-hybridized carbons (Fsp3) is 0.200. The summed E-state index contributed by atoms with van der Waals surface area (Å²) in [6.07, 6.45) is 0. The van der Waals surface area contributed by atoms with Crippen LogP contribution in [0.4, 0.5) is 0 Å². The highest BCUT2D eigenvalue weighted by Gasteiger charge is 2.18. The summed E-state index contributed by atoms with van der Waals surface area (Å²) >= 11 is 11.7. The molecule has 0 N–H and O–H groups in total. The lowest BCUT2D eigenvalue weighted by molar-refractivity contribution is 0.260. The van der Waals surface area contributed by atoms with Crippen LogP contribution in [0, 0.1) is 6.92 Å². The maximum atomic E-state index is 11.2. The predicted molar refractivity (Wildman–Crippen MR) is 72.9 cm³/mol. The molecule has 20 heavy (non-hydrogen) atoms. The van der Waals surface area contributed by atoms with E-state index < -0.39 is 9.05 Å². The average molecular weight is 358 g/mol. The van der Waals surface area contributed by atoms with E-state index in [9.17, 15) is 8.42 Å². The van der Waals surface area contributed by atoms with Gasteiger partial charge in [0, 0.05) is 23.7 Å². The second-order valence-corrected chi connectivity index (χ2v) is 7.00. The number of nitrogens with zero attached hydrogens (tertiary/aromatic N) is 2. The smallest absolute Gasteiger partial charge is 0.262 e. The Kier molecular flexibility index (Phi) is 4.43. The summed E-state index contributed by atoms with van der Waals surface area (Å²) in [5.74, 6) is 0.830. The van der Waals surface area contributed by atoms with Gasteiger partial charge in [0.25, 0.3) is 14.9 Å². The van der Waals surface area contributed by atoms with E-state index >= 15 is 0 Å². The molecule has 0 atom stereocenters. The number of hydrogen-bond acceptors (Lipinski definition) is 6. The predicted octanol–water partition coefficient (Wildman–Crippen LogP) is 3.19. The van der Waals surface area contributed by atoms with E-state index in [1.807, 2.05) is 0 Å². The van der Waals surface area contributed by atoms with Crippen LogP contribution >= 0.6 is 33.9 Å². The van der Waals surface area contributed by atoms with E-state index in [2.05, 4.69) is 10.2 Å². The summed E-state index contributed by atoms with van der Waals surface area (Å²) in [6.45, 7) is 1.62. The Morgan fingerprint density at radius 1 is 1.25 bits per heavy atom. The van der Waals surface area contributed by atoms with E-state index in [1.165, 1.54) is 6.07 Å². The fourth-order valence-corrected chi connectivity index (χ4v) is 3.14. The van der Waals surface area contributed by atoms with Gasteiger partial charge in [0.1, 0.15) is 10.6 Å². The molecule has 2 aromatic rings. The molecule has 0 bridgehead atoms. The fourth-order valence-electron chi connectivity index (χ4n) is 1.34. The molecule has 0 aliphatic carbocycles. The van der Waals surface area contributed by atoms with Crippen molar-refractivity contribution in [2.24, 2.45) is 0 Å². The van der Waals surface area contributed by atoms with Crippen molar-refractivity contribution in [1.29, 1.82) is 0 Å². The van der Waals surface area contributed by atoms with Crippen LogP contribution in [0.5, 0.6) is 5.75 Å². The highest BCUT2D eigenvalue weighted by atomic mass is 35.7. The van der Waals surface area contributed by atoms with Gasteiger partial charge >= 0.3 is 0 Å². The minimum atomic E-state index is -3.98. The highest BCUT2D eigenvalue weighted by Crippen LogP contribution is 2.35. The molecule has 0 saturated heterocycles. The van der Waals surface area contributed by atoms with Crippen LogP contribution in [-0.2, 0) is 15.7 Å². The van der Waals surface area contributed by atoms with Crippen molar-refractivity contribution >= 4 is 42.9 Å². The molecule has 0 amide bonds. The third-order valence-electron chi connectivity index (χ3n) is 2.17. The van der Waals surface area contributed by atoms with E-state index in [1.54, 1.807) is 6.92 Å². The van der Waals surface area contributed by atoms with Crippen LogP contribution in [-0.4, -0.2) is 18.6 Å². The van der Waals surface area contributed by atoms with Crippen molar-refractivity contribution < 1.29 is 17.6 Å². The summed E-state index contributed by atoms with van der Waals surface area (Å²) in [5, 5.41) is 7.32. The molecular weight excluding hydrogens is 351 g/mol. The zero-order valence-corrected chi connectivity index (χ0v) is 13.0. The van der Waals surface area contributed by atoms with E-state index in [-0.39, 0.29) is 33.2 Å². The van der Waals surface area contributed by atoms with Gasteiger partial charge in [-0.05, 0) is 6.07 Å². The normalized spacial score (nSPS) is 11.6. The van der Waals surface area contributed by atoms with Crippen LogP contribution in [0.15, 0.2) is 21.4 Å². The lowest BCUT2D eigenvalue weighted by atomic mass is 10.3. The van der Waals surface area contributed by atoms with Gasteiger partial charge in [0.2, 0.25) is 5.89 Å². The first-order valence-electron chi connectivity index (χ1n) is 5.13. The highest BCUT2D eigenvalue weighted by molar-refractivity contribution is 8.13. The van der Waals surface area contributed by atoms with Crippen molar-refractivity contribution in [3.63, 3.8) is 0 Å². The molecule has 6 nitrogen and oxygen atoms in total. The Labute approximate surface area is 129 Å². The standard InChI is InChI=1S/C10H7Cl3N2O4S/c1-5-14-15-10(19-5)4-18-8-2-7(12)9(3-6(8)11)20(13,16)17/h2-3H,4H2,1H3. The summed E-state index contributed by atoms with van der Waals surface area (Å²) in [6, 6.07) is 2.36. The Morgan fingerprint density at radius 3 is 2.50 bits per heavy atom. The average Bonchev–Trinajstić information content (AvgIpc) is 2.74. The maximum Gasteiger partial charge on any atom is 0.262 e. The Morgan fingerprint density at radius 2 is 1.95 bits per heavy atom. The van der Waals surface area contributed by atoms with Crippen molar-refractivity contribution in [2.75, 3.05) is 0 Å². The molecule has 0 radical (unpaired) electrons. The van der Waals surface area contributed by atoms with Crippen molar-refractivity contribution in [3.05, 3.63) is 34.0 Å². The van der Waals surface area contributed by atoms with Crippen molar-refractivity contribution in [2.45, 2.75) is 18.4 Å². The Balaban J connectivity index is 2.23. The van der Waals surface area contributed by atoms with E-state index in [4.69, 9.17) is 43.0 Å². The van der Waals surface area contributed by atoms with Gasteiger partial charge in [-0.15, -0.1) is 10.2 Å². The Bertz CT molecular complexity index is 745. The lowest BCUT2D eigenvalue weighted by Crippen LogP contribution is -1.98. The van der Waals surface area contributed by atoms with Crippen LogP contribution < -0.4 is 4.74 Å². The van der Waals surface area contributed by atoms with Crippen LogP contribution in [0.1, 0.15) is 11.8 Å². The summed E-state index contributed by atoms with van der Waals surface area (Å²) in [5.41, 5.74) is 0. The largest absolute Gasteiger partial charge is 0.482 e. The molecule has 0 unspecified atom stereocenters. The summed E-state index contributed by atoms with van der Waals surface area (Å²) < 4.78 is 32.9. The van der Waals surface area contributed by atoms with Crippen LogP contribution in [0.25, 0.3) is 0 Å². The molecule has 108 valence electrons.